The van der Waals surface area contributed by atoms with E-state index < -0.39 is 14.9 Å². The van der Waals surface area contributed by atoms with Crippen molar-refractivity contribution in [2.45, 2.75) is 37.4 Å². The maximum Gasteiger partial charge on any atom is 0.270 e. The molecule has 1 aliphatic carbocycles. The quantitative estimate of drug-likeness (QED) is 0.592. The van der Waals surface area contributed by atoms with Crippen molar-refractivity contribution in [2.75, 3.05) is 0 Å². The second kappa shape index (κ2) is 2.20. The van der Waals surface area contributed by atoms with Crippen LogP contribution in [0.1, 0.15) is 32.6 Å². The lowest BCUT2D eigenvalue weighted by Gasteiger charge is -2.18. The van der Waals surface area contributed by atoms with E-state index in [4.69, 9.17) is 4.55 Å². The van der Waals surface area contributed by atoms with Crippen LogP contribution in [0.2, 0.25) is 0 Å². The van der Waals surface area contributed by atoms with Crippen LogP contribution in [0.5, 0.6) is 0 Å². The van der Waals surface area contributed by atoms with Gasteiger partial charge in [0.25, 0.3) is 10.1 Å². The molecule has 1 aliphatic rings. The molecule has 60 valence electrons. The molecule has 0 atom stereocenters. The van der Waals surface area contributed by atoms with Crippen LogP contribution in [0.25, 0.3) is 0 Å². The monoisotopic (exact) mass is 164 g/mol. The topological polar surface area (TPSA) is 54.4 Å². The Morgan fingerprint density at radius 1 is 1.30 bits per heavy atom. The fourth-order valence-corrected chi connectivity index (χ4v) is 2.19. The third-order valence-corrected chi connectivity index (χ3v) is 3.94. The van der Waals surface area contributed by atoms with E-state index >= 15 is 0 Å². The van der Waals surface area contributed by atoms with Crippen molar-refractivity contribution < 1.29 is 13.0 Å². The molecule has 0 radical (unpaired) electrons. The summed E-state index contributed by atoms with van der Waals surface area (Å²) in [6.07, 6.45) is 3.03. The van der Waals surface area contributed by atoms with Crippen molar-refractivity contribution in [3.63, 3.8) is 0 Å². The zero-order chi connectivity index (χ0) is 7.83. The molecule has 0 saturated heterocycles. The fraction of sp³-hybridized carbons (Fsp3) is 1.00. The average molecular weight is 164 g/mol. The second-order valence-corrected chi connectivity index (χ2v) is 5.07. The van der Waals surface area contributed by atoms with Crippen molar-refractivity contribution in [2.24, 2.45) is 0 Å². The van der Waals surface area contributed by atoms with Crippen molar-refractivity contribution >= 4 is 10.1 Å². The predicted molar refractivity (Wildman–Crippen MR) is 38.4 cm³/mol. The van der Waals surface area contributed by atoms with Crippen LogP contribution in [0.15, 0.2) is 0 Å². The first-order valence-electron chi connectivity index (χ1n) is 3.43. The minimum Gasteiger partial charge on any atom is -0.285 e. The van der Waals surface area contributed by atoms with Gasteiger partial charge in [0.15, 0.2) is 0 Å². The number of hydrogen-bond donors (Lipinski definition) is 1. The van der Waals surface area contributed by atoms with Crippen molar-refractivity contribution in [1.29, 1.82) is 0 Å². The first-order chi connectivity index (χ1) is 4.46. The highest BCUT2D eigenvalue weighted by atomic mass is 32.2. The summed E-state index contributed by atoms with van der Waals surface area (Å²) in [5.41, 5.74) is 0. The Balaban J connectivity index is 2.88. The third kappa shape index (κ3) is 1.18. The predicted octanol–water partition coefficient (Wildman–Crippen LogP) is 1.21. The van der Waals surface area contributed by atoms with Gasteiger partial charge in [-0.25, -0.2) is 0 Å². The molecular formula is C6H12O3S. The summed E-state index contributed by atoms with van der Waals surface area (Å²) in [6, 6.07) is 0. The maximum absolute atomic E-state index is 10.7. The molecule has 0 bridgehead atoms. The summed E-state index contributed by atoms with van der Waals surface area (Å²) in [5, 5.41) is 0. The SMILES string of the molecule is CC1(S(=O)(=O)O)CCCC1. The Morgan fingerprint density at radius 2 is 1.70 bits per heavy atom. The molecule has 0 unspecified atom stereocenters. The molecule has 0 aromatic rings. The Labute approximate surface area is 61.2 Å². The van der Waals surface area contributed by atoms with Gasteiger partial charge < -0.3 is 0 Å². The van der Waals surface area contributed by atoms with E-state index in [0.29, 0.717) is 12.8 Å². The summed E-state index contributed by atoms with van der Waals surface area (Å²) in [7, 11) is -3.80. The summed E-state index contributed by atoms with van der Waals surface area (Å²) in [4.78, 5) is 0. The Bertz CT molecular complexity index is 211. The van der Waals surface area contributed by atoms with E-state index in [-0.39, 0.29) is 0 Å². The highest BCUT2D eigenvalue weighted by Crippen LogP contribution is 2.35. The molecule has 0 heterocycles. The number of rotatable bonds is 1. The van der Waals surface area contributed by atoms with Crippen molar-refractivity contribution in [3.05, 3.63) is 0 Å². The zero-order valence-electron chi connectivity index (χ0n) is 6.00. The summed E-state index contributed by atoms with van der Waals surface area (Å²) >= 11 is 0. The molecule has 0 amide bonds. The standard InChI is InChI=1S/C6H12O3S/c1-6(10(7,8)9)4-2-3-5-6/h2-5H2,1H3,(H,7,8,9). The summed E-state index contributed by atoms with van der Waals surface area (Å²) < 4.78 is 29.3. The van der Waals surface area contributed by atoms with Crippen LogP contribution in [0, 0.1) is 0 Å². The molecule has 10 heavy (non-hydrogen) atoms. The minimum absolute atomic E-state index is 0.603. The zero-order valence-corrected chi connectivity index (χ0v) is 6.82. The first-order valence-corrected chi connectivity index (χ1v) is 4.87. The first kappa shape index (κ1) is 8.01. The molecule has 1 fully saturated rings. The van der Waals surface area contributed by atoms with Gasteiger partial charge in [0.1, 0.15) is 0 Å². The lowest BCUT2D eigenvalue weighted by molar-refractivity contribution is 0.433. The van der Waals surface area contributed by atoms with Crippen LogP contribution in [-0.4, -0.2) is 17.7 Å². The van der Waals surface area contributed by atoms with Crippen LogP contribution in [0.3, 0.4) is 0 Å². The molecule has 0 aromatic heterocycles. The molecule has 1 saturated carbocycles. The van der Waals surface area contributed by atoms with E-state index in [1.54, 1.807) is 6.92 Å². The van der Waals surface area contributed by atoms with Gasteiger partial charge in [-0.15, -0.1) is 0 Å². The van der Waals surface area contributed by atoms with Crippen molar-refractivity contribution in [1.82, 2.24) is 0 Å². The van der Waals surface area contributed by atoms with Gasteiger partial charge in [0.2, 0.25) is 0 Å². The highest BCUT2D eigenvalue weighted by Gasteiger charge is 2.40. The summed E-state index contributed by atoms with van der Waals surface area (Å²) in [6.45, 7) is 1.61. The summed E-state index contributed by atoms with van der Waals surface area (Å²) in [5.74, 6) is 0. The fourth-order valence-electron chi connectivity index (χ4n) is 1.38. The van der Waals surface area contributed by atoms with E-state index in [1.165, 1.54) is 0 Å². The van der Waals surface area contributed by atoms with Gasteiger partial charge >= 0.3 is 0 Å². The lowest BCUT2D eigenvalue weighted by atomic mass is 10.1. The van der Waals surface area contributed by atoms with E-state index in [0.717, 1.165) is 12.8 Å². The third-order valence-electron chi connectivity index (χ3n) is 2.28. The van der Waals surface area contributed by atoms with Gasteiger partial charge in [-0.2, -0.15) is 8.42 Å². The smallest absolute Gasteiger partial charge is 0.270 e. The molecule has 3 nitrogen and oxygen atoms in total. The van der Waals surface area contributed by atoms with Crippen LogP contribution < -0.4 is 0 Å². The van der Waals surface area contributed by atoms with Gasteiger partial charge in [0, 0.05) is 0 Å². The average Bonchev–Trinajstić information content (AvgIpc) is 2.13. The number of hydrogen-bond acceptors (Lipinski definition) is 2. The lowest BCUT2D eigenvalue weighted by Crippen LogP contribution is -2.31. The van der Waals surface area contributed by atoms with Crippen LogP contribution in [0.4, 0.5) is 0 Å². The van der Waals surface area contributed by atoms with E-state index in [1.807, 2.05) is 0 Å². The van der Waals surface area contributed by atoms with Crippen LogP contribution >= 0.6 is 0 Å². The molecule has 1 N–H and O–H groups in total. The second-order valence-electron chi connectivity index (χ2n) is 3.13. The molecule has 0 aromatic carbocycles. The Morgan fingerprint density at radius 3 is 1.90 bits per heavy atom. The van der Waals surface area contributed by atoms with Gasteiger partial charge in [-0.3, -0.25) is 4.55 Å². The molecule has 4 heteroatoms. The molecule has 1 rings (SSSR count). The van der Waals surface area contributed by atoms with Crippen molar-refractivity contribution in [3.8, 4) is 0 Å². The van der Waals surface area contributed by atoms with Gasteiger partial charge in [-0.05, 0) is 19.8 Å². The van der Waals surface area contributed by atoms with Gasteiger partial charge in [-0.1, -0.05) is 12.8 Å². The van der Waals surface area contributed by atoms with Crippen LogP contribution in [-0.2, 0) is 10.1 Å². The molecular weight excluding hydrogens is 152 g/mol. The largest absolute Gasteiger partial charge is 0.285 e. The molecule has 0 spiro atoms. The van der Waals surface area contributed by atoms with E-state index in [9.17, 15) is 8.42 Å². The minimum atomic E-state index is -3.80. The van der Waals surface area contributed by atoms with E-state index in [2.05, 4.69) is 0 Å². The highest BCUT2D eigenvalue weighted by molar-refractivity contribution is 7.87. The normalized spacial score (nSPS) is 25.0. The maximum atomic E-state index is 10.7. The molecule has 0 aliphatic heterocycles. The Hall–Kier alpha value is -0.0900. The Kier molecular flexibility index (Phi) is 1.76. The van der Waals surface area contributed by atoms with Gasteiger partial charge in [0.05, 0.1) is 4.75 Å².